The third-order valence-electron chi connectivity index (χ3n) is 0.705. The first-order valence-electron chi connectivity index (χ1n) is 2.47. The molecule has 0 fully saturated rings. The second kappa shape index (κ2) is 4.32. The molecule has 0 spiro atoms. The zero-order valence-electron chi connectivity index (χ0n) is 5.38. The van der Waals surface area contributed by atoms with E-state index in [0.29, 0.717) is 0 Å². The molecule has 0 aromatic heterocycles. The van der Waals surface area contributed by atoms with E-state index in [1.54, 1.807) is 19.3 Å². The van der Waals surface area contributed by atoms with E-state index in [2.05, 4.69) is 0 Å². The first kappa shape index (κ1) is 8.43. The lowest BCUT2D eigenvalue weighted by atomic mass is 10.4. The normalized spacial score (nSPS) is 10.0. The average Bonchev–Trinajstić information content (AvgIpc) is 1.87. The molecule has 0 N–H and O–H groups in total. The molecule has 0 atom stereocenters. The van der Waals surface area contributed by atoms with Gasteiger partial charge >= 0.3 is 0 Å². The molecule has 0 aliphatic rings. The summed E-state index contributed by atoms with van der Waals surface area (Å²) < 4.78 is 0. The molecule has 0 bridgehead atoms. The van der Waals surface area contributed by atoms with Gasteiger partial charge in [0.15, 0.2) is 0 Å². The Morgan fingerprint density at radius 3 is 2.33 bits per heavy atom. The fourth-order valence-corrected chi connectivity index (χ4v) is 0.589. The summed E-state index contributed by atoms with van der Waals surface area (Å²) in [4.78, 5) is 21.0. The number of ketones is 1. The van der Waals surface area contributed by atoms with Crippen LogP contribution in [0.4, 0.5) is 0 Å². The van der Waals surface area contributed by atoms with Crippen molar-refractivity contribution in [1.29, 1.82) is 0 Å². The van der Waals surface area contributed by atoms with Gasteiger partial charge in [-0.05, 0) is 19.3 Å². The van der Waals surface area contributed by atoms with Crippen LogP contribution in [0.15, 0.2) is 12.2 Å². The minimum atomic E-state index is -0.440. The van der Waals surface area contributed by atoms with Gasteiger partial charge in [0.1, 0.15) is 0 Å². The summed E-state index contributed by atoms with van der Waals surface area (Å²) in [7, 11) is 0. The largest absolute Gasteiger partial charge is 0.285 e. The Bertz CT molecular complexity index is 149. The summed E-state index contributed by atoms with van der Waals surface area (Å²) in [5.74, 6) is -0.440. The second-order valence-electron chi connectivity index (χ2n) is 1.36. The van der Waals surface area contributed by atoms with E-state index in [1.165, 1.54) is 6.08 Å². The van der Waals surface area contributed by atoms with E-state index in [0.717, 1.165) is 11.8 Å². The van der Waals surface area contributed by atoms with Crippen molar-refractivity contribution in [2.45, 2.75) is 6.92 Å². The third-order valence-corrected chi connectivity index (χ3v) is 1.28. The smallest absolute Gasteiger partial charge is 0.259 e. The molecular formula is C6H8O2S. The number of hydrogen-bond acceptors (Lipinski definition) is 3. The monoisotopic (exact) mass is 144 g/mol. The van der Waals surface area contributed by atoms with Crippen molar-refractivity contribution in [2.75, 3.05) is 6.26 Å². The zero-order chi connectivity index (χ0) is 7.28. The Morgan fingerprint density at radius 2 is 2.00 bits per heavy atom. The van der Waals surface area contributed by atoms with Gasteiger partial charge < -0.3 is 0 Å². The molecule has 0 amide bonds. The molecule has 0 heterocycles. The van der Waals surface area contributed by atoms with E-state index in [-0.39, 0.29) is 0 Å². The fraction of sp³-hybridized carbons (Fsp3) is 0.333. The minimum Gasteiger partial charge on any atom is -0.285 e. The summed E-state index contributed by atoms with van der Waals surface area (Å²) in [5, 5.41) is -0.409. The van der Waals surface area contributed by atoms with E-state index in [9.17, 15) is 9.59 Å². The molecule has 0 aliphatic heterocycles. The fourth-order valence-electron chi connectivity index (χ4n) is 0.320. The highest BCUT2D eigenvalue weighted by atomic mass is 32.2. The molecule has 9 heavy (non-hydrogen) atoms. The number of carbonyl (C=O) groups excluding carboxylic acids is 2. The van der Waals surface area contributed by atoms with Crippen molar-refractivity contribution in [2.24, 2.45) is 0 Å². The van der Waals surface area contributed by atoms with Crippen LogP contribution in [0.1, 0.15) is 6.92 Å². The van der Waals surface area contributed by atoms with Crippen LogP contribution in [0.3, 0.4) is 0 Å². The summed E-state index contributed by atoms with van der Waals surface area (Å²) in [6, 6.07) is 0. The second-order valence-corrected chi connectivity index (χ2v) is 2.13. The molecule has 50 valence electrons. The number of carbonyl (C=O) groups is 2. The molecular weight excluding hydrogens is 136 g/mol. The molecule has 0 saturated carbocycles. The minimum absolute atomic E-state index is 0.409. The maximum absolute atomic E-state index is 10.5. The van der Waals surface area contributed by atoms with Crippen LogP contribution in [0, 0.1) is 0 Å². The van der Waals surface area contributed by atoms with Crippen molar-refractivity contribution in [3.05, 3.63) is 12.2 Å². The van der Waals surface area contributed by atoms with E-state index < -0.39 is 10.9 Å². The van der Waals surface area contributed by atoms with Gasteiger partial charge in [-0.25, -0.2) is 0 Å². The van der Waals surface area contributed by atoms with Gasteiger partial charge in [0.25, 0.3) is 5.12 Å². The van der Waals surface area contributed by atoms with E-state index in [4.69, 9.17) is 0 Å². The predicted molar refractivity (Wildman–Crippen MR) is 38.3 cm³/mol. The van der Waals surface area contributed by atoms with Crippen LogP contribution in [0.5, 0.6) is 0 Å². The highest BCUT2D eigenvalue weighted by Gasteiger charge is 2.05. The lowest BCUT2D eigenvalue weighted by Crippen LogP contribution is -2.04. The summed E-state index contributed by atoms with van der Waals surface area (Å²) >= 11 is 0.933. The van der Waals surface area contributed by atoms with Crippen molar-refractivity contribution in [3.8, 4) is 0 Å². The van der Waals surface area contributed by atoms with E-state index >= 15 is 0 Å². The van der Waals surface area contributed by atoms with Gasteiger partial charge in [-0.15, -0.1) is 0 Å². The molecule has 0 rings (SSSR count). The Balaban J connectivity index is 3.89. The standard InChI is InChI=1S/C6H8O2S/c1-3-4-5(7)6(8)9-2/h3-4H,1-2H3/b4-3+. The summed E-state index contributed by atoms with van der Waals surface area (Å²) in [6.45, 7) is 1.70. The van der Waals surface area contributed by atoms with Gasteiger partial charge in [-0.1, -0.05) is 17.8 Å². The lowest BCUT2D eigenvalue weighted by molar-refractivity contribution is -0.128. The average molecular weight is 144 g/mol. The van der Waals surface area contributed by atoms with Crippen LogP contribution in [0.2, 0.25) is 0 Å². The first-order chi connectivity index (χ1) is 4.22. The number of allylic oxidation sites excluding steroid dienone is 2. The Labute approximate surface area is 58.3 Å². The molecule has 0 aromatic rings. The van der Waals surface area contributed by atoms with Crippen LogP contribution in [-0.4, -0.2) is 17.2 Å². The summed E-state index contributed by atoms with van der Waals surface area (Å²) in [5.41, 5.74) is 0. The quantitative estimate of drug-likeness (QED) is 0.428. The van der Waals surface area contributed by atoms with Crippen molar-refractivity contribution in [3.63, 3.8) is 0 Å². The van der Waals surface area contributed by atoms with Crippen LogP contribution < -0.4 is 0 Å². The van der Waals surface area contributed by atoms with Crippen LogP contribution >= 0.6 is 11.8 Å². The maximum Gasteiger partial charge on any atom is 0.259 e. The zero-order valence-corrected chi connectivity index (χ0v) is 6.20. The molecule has 0 unspecified atom stereocenters. The van der Waals surface area contributed by atoms with Gasteiger partial charge in [0.2, 0.25) is 5.78 Å². The van der Waals surface area contributed by atoms with E-state index in [1.807, 2.05) is 0 Å². The molecule has 0 radical (unpaired) electrons. The van der Waals surface area contributed by atoms with Crippen molar-refractivity contribution >= 4 is 22.7 Å². The molecule has 2 nitrogen and oxygen atoms in total. The third kappa shape index (κ3) is 3.08. The number of hydrogen-bond donors (Lipinski definition) is 0. The first-order valence-corrected chi connectivity index (χ1v) is 3.69. The highest BCUT2D eigenvalue weighted by Crippen LogP contribution is 1.95. The maximum atomic E-state index is 10.5. The topological polar surface area (TPSA) is 34.1 Å². The molecule has 0 aromatic carbocycles. The number of rotatable bonds is 2. The van der Waals surface area contributed by atoms with Crippen molar-refractivity contribution in [1.82, 2.24) is 0 Å². The molecule has 3 heteroatoms. The van der Waals surface area contributed by atoms with Crippen molar-refractivity contribution < 1.29 is 9.59 Å². The van der Waals surface area contributed by atoms with Gasteiger partial charge in [0.05, 0.1) is 0 Å². The predicted octanol–water partition coefficient (Wildman–Crippen LogP) is 1.02. The lowest BCUT2D eigenvalue weighted by Gasteiger charge is -1.84. The van der Waals surface area contributed by atoms with Crippen LogP contribution in [0.25, 0.3) is 0 Å². The summed E-state index contributed by atoms with van der Waals surface area (Å²) in [6.07, 6.45) is 4.40. The van der Waals surface area contributed by atoms with Gasteiger partial charge in [0, 0.05) is 0 Å². The van der Waals surface area contributed by atoms with Gasteiger partial charge in [-0.3, -0.25) is 9.59 Å². The van der Waals surface area contributed by atoms with Gasteiger partial charge in [-0.2, -0.15) is 0 Å². The molecule has 0 aliphatic carbocycles. The van der Waals surface area contributed by atoms with Crippen LogP contribution in [-0.2, 0) is 9.59 Å². The Hall–Kier alpha value is -0.570. The molecule has 0 saturated heterocycles. The SMILES string of the molecule is C/C=C/C(=O)C(=O)SC. The Morgan fingerprint density at radius 1 is 1.44 bits per heavy atom. The Kier molecular flexibility index (Phi) is 4.05. The number of thioether (sulfide) groups is 1. The highest BCUT2D eigenvalue weighted by molar-refractivity contribution is 8.14.